The minimum atomic E-state index is -0.0568. The molecule has 1 rings (SSSR count). The SMILES string of the molecule is C[C@@H]1[C@@H](C)[NH+](C)CC[C@@H]1O. The van der Waals surface area contributed by atoms with E-state index in [9.17, 15) is 5.11 Å². The number of aliphatic hydroxyl groups excluding tert-OH is 1. The molecule has 1 heterocycles. The molecule has 1 aliphatic rings. The fraction of sp³-hybridized carbons (Fsp3) is 1.00. The van der Waals surface area contributed by atoms with Crippen molar-refractivity contribution >= 4 is 0 Å². The molecule has 0 aromatic rings. The van der Waals surface area contributed by atoms with E-state index in [1.54, 1.807) is 4.90 Å². The van der Waals surface area contributed by atoms with Gasteiger partial charge in [0.1, 0.15) is 0 Å². The first kappa shape index (κ1) is 8.02. The minimum Gasteiger partial charge on any atom is -0.392 e. The maximum atomic E-state index is 9.45. The van der Waals surface area contributed by atoms with Crippen molar-refractivity contribution in [3.8, 4) is 0 Å². The van der Waals surface area contributed by atoms with Gasteiger partial charge in [-0.1, -0.05) is 6.92 Å². The molecule has 1 unspecified atom stereocenters. The van der Waals surface area contributed by atoms with Crippen LogP contribution in [0.25, 0.3) is 0 Å². The van der Waals surface area contributed by atoms with Crippen LogP contribution in [0.3, 0.4) is 0 Å². The Morgan fingerprint density at radius 1 is 1.40 bits per heavy atom. The van der Waals surface area contributed by atoms with Gasteiger partial charge in [-0.05, 0) is 6.92 Å². The zero-order valence-electron chi connectivity index (χ0n) is 7.09. The lowest BCUT2D eigenvalue weighted by Crippen LogP contribution is -3.14. The van der Waals surface area contributed by atoms with Crippen LogP contribution in [0.5, 0.6) is 0 Å². The van der Waals surface area contributed by atoms with Gasteiger partial charge in [0, 0.05) is 12.3 Å². The van der Waals surface area contributed by atoms with Crippen LogP contribution in [-0.4, -0.2) is 30.8 Å². The van der Waals surface area contributed by atoms with Crippen molar-refractivity contribution < 1.29 is 10.0 Å². The van der Waals surface area contributed by atoms with E-state index >= 15 is 0 Å². The predicted molar refractivity (Wildman–Crippen MR) is 41.0 cm³/mol. The number of nitrogens with one attached hydrogen (secondary N) is 1. The summed E-state index contributed by atoms with van der Waals surface area (Å²) in [6, 6.07) is 0.615. The molecule has 0 amide bonds. The molecule has 1 aliphatic heterocycles. The second-order valence-electron chi connectivity index (χ2n) is 3.60. The van der Waals surface area contributed by atoms with E-state index < -0.39 is 0 Å². The predicted octanol–water partition coefficient (Wildman–Crippen LogP) is -0.710. The van der Waals surface area contributed by atoms with Gasteiger partial charge in [0.15, 0.2) is 0 Å². The van der Waals surface area contributed by atoms with Gasteiger partial charge in [0.05, 0.1) is 25.7 Å². The molecule has 10 heavy (non-hydrogen) atoms. The van der Waals surface area contributed by atoms with Crippen molar-refractivity contribution in [2.24, 2.45) is 5.92 Å². The van der Waals surface area contributed by atoms with Crippen LogP contribution in [0, 0.1) is 5.92 Å². The Hall–Kier alpha value is -0.0800. The Labute approximate surface area is 62.8 Å². The number of rotatable bonds is 0. The molecule has 0 aromatic heterocycles. The van der Waals surface area contributed by atoms with Crippen LogP contribution in [0.2, 0.25) is 0 Å². The third kappa shape index (κ3) is 1.32. The topological polar surface area (TPSA) is 24.7 Å². The summed E-state index contributed by atoms with van der Waals surface area (Å²) in [4.78, 5) is 1.55. The zero-order chi connectivity index (χ0) is 7.72. The minimum absolute atomic E-state index is 0.0568. The third-order valence-electron chi connectivity index (χ3n) is 3.01. The van der Waals surface area contributed by atoms with Crippen LogP contribution >= 0.6 is 0 Å². The number of hydrogen-bond donors (Lipinski definition) is 2. The largest absolute Gasteiger partial charge is 0.392 e. The van der Waals surface area contributed by atoms with Crippen LogP contribution in [0.15, 0.2) is 0 Å². The fourth-order valence-electron chi connectivity index (χ4n) is 1.65. The normalized spacial score (nSPS) is 49.2. The molecule has 0 radical (unpaired) electrons. The summed E-state index contributed by atoms with van der Waals surface area (Å²) in [5, 5.41) is 9.45. The fourth-order valence-corrected chi connectivity index (χ4v) is 1.65. The monoisotopic (exact) mass is 144 g/mol. The number of likely N-dealkylation sites (tertiary alicyclic amines) is 1. The van der Waals surface area contributed by atoms with Crippen LogP contribution in [0.1, 0.15) is 20.3 Å². The zero-order valence-corrected chi connectivity index (χ0v) is 7.09. The molecule has 0 aliphatic carbocycles. The first-order valence-corrected chi connectivity index (χ1v) is 4.13. The number of quaternary nitrogens is 1. The smallest absolute Gasteiger partial charge is 0.0894 e. The molecule has 2 N–H and O–H groups in total. The van der Waals surface area contributed by atoms with Crippen molar-refractivity contribution in [2.45, 2.75) is 32.4 Å². The van der Waals surface area contributed by atoms with E-state index in [1.807, 2.05) is 0 Å². The summed E-state index contributed by atoms with van der Waals surface area (Å²) in [6.45, 7) is 5.47. The Morgan fingerprint density at radius 3 is 2.50 bits per heavy atom. The summed E-state index contributed by atoms with van der Waals surface area (Å²) in [5.74, 6) is 0.466. The van der Waals surface area contributed by atoms with Crippen molar-refractivity contribution in [2.75, 3.05) is 13.6 Å². The van der Waals surface area contributed by atoms with E-state index in [2.05, 4.69) is 20.9 Å². The Bertz CT molecular complexity index is 102. The molecule has 1 saturated heterocycles. The van der Waals surface area contributed by atoms with Gasteiger partial charge < -0.3 is 10.0 Å². The van der Waals surface area contributed by atoms with E-state index in [0.717, 1.165) is 13.0 Å². The summed E-state index contributed by atoms with van der Waals surface area (Å²) < 4.78 is 0. The average molecular weight is 144 g/mol. The van der Waals surface area contributed by atoms with Crippen molar-refractivity contribution in [1.82, 2.24) is 0 Å². The Kier molecular flexibility index (Phi) is 2.32. The standard InChI is InChI=1S/C8H17NO/c1-6-7(2)9(3)5-4-8(6)10/h6-8,10H,4-5H2,1-3H3/p+1/t6-,7-,8+/m1/s1. The van der Waals surface area contributed by atoms with Crippen LogP contribution in [-0.2, 0) is 0 Å². The molecular weight excluding hydrogens is 126 g/mol. The molecule has 60 valence electrons. The van der Waals surface area contributed by atoms with Gasteiger partial charge in [-0.3, -0.25) is 0 Å². The van der Waals surface area contributed by atoms with Crippen LogP contribution < -0.4 is 4.90 Å². The highest BCUT2D eigenvalue weighted by Crippen LogP contribution is 2.12. The summed E-state index contributed by atoms with van der Waals surface area (Å²) in [7, 11) is 2.20. The third-order valence-corrected chi connectivity index (χ3v) is 3.01. The molecule has 0 aromatic carbocycles. The Balaban J connectivity index is 2.52. The van der Waals surface area contributed by atoms with Gasteiger partial charge in [0.25, 0.3) is 0 Å². The number of aliphatic hydroxyl groups is 1. The molecule has 4 atom stereocenters. The van der Waals surface area contributed by atoms with Crippen molar-refractivity contribution in [3.05, 3.63) is 0 Å². The lowest BCUT2D eigenvalue weighted by molar-refractivity contribution is -0.914. The van der Waals surface area contributed by atoms with Gasteiger partial charge in [-0.25, -0.2) is 0 Å². The number of hydrogen-bond acceptors (Lipinski definition) is 1. The second-order valence-corrected chi connectivity index (χ2v) is 3.60. The first-order valence-electron chi connectivity index (χ1n) is 4.13. The van der Waals surface area contributed by atoms with Crippen molar-refractivity contribution in [1.29, 1.82) is 0 Å². The molecule has 0 spiro atoms. The quantitative estimate of drug-likeness (QED) is 0.461. The molecule has 0 bridgehead atoms. The molecule has 2 nitrogen and oxygen atoms in total. The van der Waals surface area contributed by atoms with Crippen LogP contribution in [0.4, 0.5) is 0 Å². The highest BCUT2D eigenvalue weighted by molar-refractivity contribution is 4.72. The lowest BCUT2D eigenvalue weighted by atomic mass is 9.90. The van der Waals surface area contributed by atoms with Gasteiger partial charge >= 0.3 is 0 Å². The molecule has 1 fully saturated rings. The summed E-state index contributed by atoms with van der Waals surface area (Å²) in [6.07, 6.45) is 0.913. The first-order chi connectivity index (χ1) is 4.63. The highest BCUT2D eigenvalue weighted by Gasteiger charge is 2.31. The van der Waals surface area contributed by atoms with Gasteiger partial charge in [0.2, 0.25) is 0 Å². The molecular formula is C8H18NO+. The summed E-state index contributed by atoms with van der Waals surface area (Å²) >= 11 is 0. The molecule has 0 saturated carbocycles. The highest BCUT2D eigenvalue weighted by atomic mass is 16.3. The lowest BCUT2D eigenvalue weighted by Gasteiger charge is -2.35. The van der Waals surface area contributed by atoms with E-state index in [1.165, 1.54) is 0 Å². The van der Waals surface area contributed by atoms with Crippen molar-refractivity contribution in [3.63, 3.8) is 0 Å². The van der Waals surface area contributed by atoms with E-state index in [0.29, 0.717) is 12.0 Å². The van der Waals surface area contributed by atoms with E-state index in [-0.39, 0.29) is 6.10 Å². The van der Waals surface area contributed by atoms with Gasteiger partial charge in [-0.2, -0.15) is 0 Å². The average Bonchev–Trinajstić information content (AvgIpc) is 1.93. The Morgan fingerprint density at radius 2 is 2.00 bits per heavy atom. The van der Waals surface area contributed by atoms with Gasteiger partial charge in [-0.15, -0.1) is 0 Å². The maximum absolute atomic E-state index is 9.45. The summed E-state index contributed by atoms with van der Waals surface area (Å²) in [5.41, 5.74) is 0. The number of piperidine rings is 1. The van der Waals surface area contributed by atoms with E-state index in [4.69, 9.17) is 0 Å². The molecule has 2 heteroatoms. The maximum Gasteiger partial charge on any atom is 0.0894 e. The second kappa shape index (κ2) is 2.89.